The number of hydrogen-bond acceptors (Lipinski definition) is 3. The monoisotopic (exact) mass is 356 g/mol. The summed E-state index contributed by atoms with van der Waals surface area (Å²) in [5, 5.41) is 11.7. The molecule has 0 aromatic heterocycles. The summed E-state index contributed by atoms with van der Waals surface area (Å²) < 4.78 is 5.46. The molecule has 0 aliphatic rings. The molecule has 0 bridgehead atoms. The number of rotatable bonds is 6. The van der Waals surface area contributed by atoms with Crippen molar-refractivity contribution < 1.29 is 9.53 Å². The van der Waals surface area contributed by atoms with Crippen molar-refractivity contribution in [3.8, 4) is 22.9 Å². The second-order valence-electron chi connectivity index (χ2n) is 6.20. The Labute approximate surface area is 159 Å². The third-order valence-corrected chi connectivity index (χ3v) is 4.25. The highest BCUT2D eigenvalue weighted by Gasteiger charge is 2.10. The predicted molar refractivity (Wildman–Crippen MR) is 105 cm³/mol. The summed E-state index contributed by atoms with van der Waals surface area (Å²) in [5.41, 5.74) is 3.89. The maximum atomic E-state index is 12.1. The Kier molecular flexibility index (Phi) is 5.86. The Bertz CT molecular complexity index is 927. The van der Waals surface area contributed by atoms with Crippen molar-refractivity contribution in [1.29, 1.82) is 5.26 Å². The van der Waals surface area contributed by atoms with Gasteiger partial charge in [-0.2, -0.15) is 5.26 Å². The maximum Gasteiger partial charge on any atom is 0.258 e. The van der Waals surface area contributed by atoms with Crippen molar-refractivity contribution in [2.75, 3.05) is 6.61 Å². The third kappa shape index (κ3) is 4.96. The van der Waals surface area contributed by atoms with Gasteiger partial charge in [-0.15, -0.1) is 0 Å². The van der Waals surface area contributed by atoms with E-state index in [9.17, 15) is 4.79 Å². The summed E-state index contributed by atoms with van der Waals surface area (Å²) in [6.07, 6.45) is 0. The van der Waals surface area contributed by atoms with Crippen molar-refractivity contribution in [1.82, 2.24) is 5.32 Å². The fourth-order valence-electron chi connectivity index (χ4n) is 2.74. The number of nitrogens with one attached hydrogen (secondary N) is 1. The largest absolute Gasteiger partial charge is 0.484 e. The lowest BCUT2D eigenvalue weighted by Gasteiger charge is -2.15. The lowest BCUT2D eigenvalue weighted by Crippen LogP contribution is -2.31. The lowest BCUT2D eigenvalue weighted by molar-refractivity contribution is -0.123. The Morgan fingerprint density at radius 2 is 1.59 bits per heavy atom. The molecule has 0 heterocycles. The SMILES string of the molecule is CC(NC(=O)COc1ccc(C#N)cc1)c1ccc(-c2ccccc2)cc1. The van der Waals surface area contributed by atoms with Gasteiger partial charge in [0.15, 0.2) is 6.61 Å². The van der Waals surface area contributed by atoms with E-state index >= 15 is 0 Å². The number of carbonyl (C=O) groups excluding carboxylic acids is 1. The minimum Gasteiger partial charge on any atom is -0.484 e. The van der Waals surface area contributed by atoms with Gasteiger partial charge in [-0.1, -0.05) is 54.6 Å². The zero-order valence-electron chi connectivity index (χ0n) is 15.1. The van der Waals surface area contributed by atoms with Crippen LogP contribution in [0.15, 0.2) is 78.9 Å². The highest BCUT2D eigenvalue weighted by atomic mass is 16.5. The van der Waals surface area contributed by atoms with Crippen molar-refractivity contribution in [2.24, 2.45) is 0 Å². The summed E-state index contributed by atoms with van der Waals surface area (Å²) in [6.45, 7) is 1.87. The van der Waals surface area contributed by atoms with Gasteiger partial charge in [0.2, 0.25) is 0 Å². The molecule has 0 aliphatic carbocycles. The third-order valence-electron chi connectivity index (χ3n) is 4.25. The zero-order valence-corrected chi connectivity index (χ0v) is 15.1. The molecule has 4 nitrogen and oxygen atoms in total. The number of ether oxygens (including phenoxy) is 1. The molecular weight excluding hydrogens is 336 g/mol. The van der Waals surface area contributed by atoms with Crippen LogP contribution in [0.25, 0.3) is 11.1 Å². The van der Waals surface area contributed by atoms with Crippen molar-refractivity contribution in [3.05, 3.63) is 90.0 Å². The van der Waals surface area contributed by atoms with Gasteiger partial charge in [0.05, 0.1) is 17.7 Å². The van der Waals surface area contributed by atoms with Gasteiger partial charge in [0.25, 0.3) is 5.91 Å². The molecule has 0 radical (unpaired) electrons. The molecule has 3 aromatic rings. The predicted octanol–water partition coefficient (Wildman–Crippen LogP) is 4.48. The molecule has 0 saturated heterocycles. The molecule has 4 heteroatoms. The molecule has 0 spiro atoms. The average molecular weight is 356 g/mol. The van der Waals surface area contributed by atoms with Crippen LogP contribution in [0.1, 0.15) is 24.1 Å². The molecule has 1 atom stereocenters. The Morgan fingerprint density at radius 3 is 2.22 bits per heavy atom. The van der Waals surface area contributed by atoms with E-state index in [-0.39, 0.29) is 18.6 Å². The number of hydrogen-bond donors (Lipinski definition) is 1. The van der Waals surface area contributed by atoms with Gasteiger partial charge < -0.3 is 10.1 Å². The van der Waals surface area contributed by atoms with Crippen molar-refractivity contribution >= 4 is 5.91 Å². The highest BCUT2D eigenvalue weighted by molar-refractivity contribution is 5.78. The van der Waals surface area contributed by atoms with Gasteiger partial charge >= 0.3 is 0 Å². The number of carbonyl (C=O) groups is 1. The molecule has 1 unspecified atom stereocenters. The van der Waals surface area contributed by atoms with E-state index in [2.05, 4.69) is 29.6 Å². The van der Waals surface area contributed by atoms with E-state index < -0.39 is 0 Å². The number of benzene rings is 3. The molecular formula is C23H20N2O2. The summed E-state index contributed by atoms with van der Waals surface area (Å²) in [6, 6.07) is 26.9. The van der Waals surface area contributed by atoms with Crippen LogP contribution in [0, 0.1) is 11.3 Å². The Balaban J connectivity index is 1.54. The van der Waals surface area contributed by atoms with Gasteiger partial charge in [-0.05, 0) is 47.9 Å². The van der Waals surface area contributed by atoms with Crippen LogP contribution in [0.4, 0.5) is 0 Å². The summed E-state index contributed by atoms with van der Waals surface area (Å²) >= 11 is 0. The van der Waals surface area contributed by atoms with Crippen LogP contribution in [0.3, 0.4) is 0 Å². The van der Waals surface area contributed by atoms with Crippen LogP contribution in [0.5, 0.6) is 5.75 Å². The van der Waals surface area contributed by atoms with Crippen LogP contribution < -0.4 is 10.1 Å². The summed E-state index contributed by atoms with van der Waals surface area (Å²) in [4.78, 5) is 12.1. The average Bonchev–Trinajstić information content (AvgIpc) is 2.73. The van der Waals surface area contributed by atoms with Gasteiger partial charge in [0, 0.05) is 0 Å². The lowest BCUT2D eigenvalue weighted by atomic mass is 10.0. The maximum absolute atomic E-state index is 12.1. The Morgan fingerprint density at radius 1 is 0.963 bits per heavy atom. The minimum absolute atomic E-state index is 0.0711. The normalized spacial score (nSPS) is 11.3. The molecule has 1 amide bonds. The Hall–Kier alpha value is -3.58. The van der Waals surface area contributed by atoms with Gasteiger partial charge in [-0.3, -0.25) is 4.79 Å². The fourth-order valence-corrected chi connectivity index (χ4v) is 2.74. The highest BCUT2D eigenvalue weighted by Crippen LogP contribution is 2.21. The van der Waals surface area contributed by atoms with Crippen LogP contribution in [-0.4, -0.2) is 12.5 Å². The summed E-state index contributed by atoms with van der Waals surface area (Å²) in [5.74, 6) is 0.364. The second-order valence-corrected chi connectivity index (χ2v) is 6.20. The molecule has 27 heavy (non-hydrogen) atoms. The molecule has 0 fully saturated rings. The first kappa shape index (κ1) is 18.2. The van der Waals surface area contributed by atoms with E-state index in [1.54, 1.807) is 24.3 Å². The number of amides is 1. The number of nitrogens with zero attached hydrogens (tertiary/aromatic N) is 1. The zero-order chi connectivity index (χ0) is 19.1. The van der Waals surface area contributed by atoms with Gasteiger partial charge in [-0.25, -0.2) is 0 Å². The topological polar surface area (TPSA) is 62.1 Å². The quantitative estimate of drug-likeness (QED) is 0.708. The minimum atomic E-state index is -0.195. The molecule has 1 N–H and O–H groups in total. The van der Waals surface area contributed by atoms with Crippen LogP contribution >= 0.6 is 0 Å². The van der Waals surface area contributed by atoms with Gasteiger partial charge in [0.1, 0.15) is 5.75 Å². The van der Waals surface area contributed by atoms with E-state index in [4.69, 9.17) is 10.00 Å². The first-order valence-corrected chi connectivity index (χ1v) is 8.73. The van der Waals surface area contributed by atoms with E-state index in [0.717, 1.165) is 16.7 Å². The first-order chi connectivity index (χ1) is 13.2. The molecule has 0 aliphatic heterocycles. The first-order valence-electron chi connectivity index (χ1n) is 8.73. The van der Waals surface area contributed by atoms with Crippen LogP contribution in [0.2, 0.25) is 0 Å². The molecule has 3 rings (SSSR count). The molecule has 3 aromatic carbocycles. The standard InChI is InChI=1S/C23H20N2O2/c1-17(19-9-11-21(12-10-19)20-5-3-2-4-6-20)25-23(26)16-27-22-13-7-18(15-24)8-14-22/h2-14,17H,16H2,1H3,(H,25,26). The molecule has 0 saturated carbocycles. The van der Waals surface area contributed by atoms with E-state index in [0.29, 0.717) is 11.3 Å². The van der Waals surface area contributed by atoms with Crippen LogP contribution in [-0.2, 0) is 4.79 Å². The van der Waals surface area contributed by atoms with Crippen molar-refractivity contribution in [3.63, 3.8) is 0 Å². The summed E-state index contributed by atoms with van der Waals surface area (Å²) in [7, 11) is 0. The smallest absolute Gasteiger partial charge is 0.258 e. The second kappa shape index (κ2) is 8.68. The molecule has 134 valence electrons. The fraction of sp³-hybridized carbons (Fsp3) is 0.130. The van der Waals surface area contributed by atoms with Crippen molar-refractivity contribution in [2.45, 2.75) is 13.0 Å². The van der Waals surface area contributed by atoms with E-state index in [1.807, 2.05) is 43.3 Å². The number of nitriles is 1. The van der Waals surface area contributed by atoms with E-state index in [1.165, 1.54) is 0 Å².